The molecule has 10 aromatic rings. The zero-order valence-electron chi connectivity index (χ0n) is 32.7. The molecule has 0 atom stereocenters. The van der Waals surface area contributed by atoms with Crippen LogP contribution in [0, 0.1) is 0 Å². The fourth-order valence-electron chi connectivity index (χ4n) is 9.12. The first-order valence-electron chi connectivity index (χ1n) is 20.4. The molecule has 0 bridgehead atoms. The van der Waals surface area contributed by atoms with Gasteiger partial charge in [0.25, 0.3) is 0 Å². The number of benzene rings is 9. The maximum atomic E-state index is 5.13. The van der Waals surface area contributed by atoms with Crippen molar-refractivity contribution in [2.24, 2.45) is 0 Å². The Bertz CT molecular complexity index is 3040. The Morgan fingerprint density at radius 1 is 0.333 bits per heavy atom. The molecule has 9 aromatic carbocycles. The van der Waals surface area contributed by atoms with Crippen LogP contribution in [0.4, 0.5) is 17.1 Å². The minimum absolute atomic E-state index is 0.628. The van der Waals surface area contributed by atoms with Crippen molar-refractivity contribution in [3.8, 4) is 45.3 Å². The Balaban J connectivity index is 1.11. The van der Waals surface area contributed by atoms with E-state index in [2.05, 4.69) is 199 Å². The highest BCUT2D eigenvalue weighted by Crippen LogP contribution is 2.56. The Kier molecular flexibility index (Phi) is 8.67. The van der Waals surface area contributed by atoms with Gasteiger partial charge in [-0.2, -0.15) is 0 Å². The van der Waals surface area contributed by atoms with Crippen LogP contribution in [-0.4, -0.2) is 15.0 Å². The van der Waals surface area contributed by atoms with E-state index in [1.54, 1.807) is 0 Å². The van der Waals surface area contributed by atoms with E-state index < -0.39 is 5.41 Å². The molecular weight excluding hydrogens is 729 g/mol. The van der Waals surface area contributed by atoms with Gasteiger partial charge in [0.05, 0.1) is 11.1 Å². The second kappa shape index (κ2) is 14.8. The van der Waals surface area contributed by atoms with Crippen LogP contribution in [-0.2, 0) is 5.41 Å². The summed E-state index contributed by atoms with van der Waals surface area (Å²) in [4.78, 5) is 17.6. The number of hydrogen-bond acceptors (Lipinski definition) is 4. The second-order valence-electron chi connectivity index (χ2n) is 15.2. The van der Waals surface area contributed by atoms with E-state index in [9.17, 15) is 0 Å². The second-order valence-corrected chi connectivity index (χ2v) is 15.2. The van der Waals surface area contributed by atoms with Gasteiger partial charge < -0.3 is 4.90 Å². The molecule has 0 fully saturated rings. The summed E-state index contributed by atoms with van der Waals surface area (Å²) >= 11 is 0. The Morgan fingerprint density at radius 2 is 0.800 bits per heavy atom. The zero-order chi connectivity index (χ0) is 39.9. The highest BCUT2D eigenvalue weighted by Gasteiger charge is 2.46. The van der Waals surface area contributed by atoms with Gasteiger partial charge in [-0.3, -0.25) is 0 Å². The van der Waals surface area contributed by atoms with Gasteiger partial charge in [-0.15, -0.1) is 0 Å². The van der Waals surface area contributed by atoms with Crippen molar-refractivity contribution < 1.29 is 0 Å². The molecule has 1 aliphatic carbocycles. The van der Waals surface area contributed by atoms with Crippen molar-refractivity contribution in [2.75, 3.05) is 4.90 Å². The summed E-state index contributed by atoms with van der Waals surface area (Å²) in [5.74, 6) is 1.91. The summed E-state index contributed by atoms with van der Waals surface area (Å²) < 4.78 is 0. The lowest BCUT2D eigenvalue weighted by Crippen LogP contribution is -2.28. The van der Waals surface area contributed by atoms with E-state index in [0.29, 0.717) is 17.5 Å². The SMILES string of the molecule is c1ccc(-c2nc(-c3ccccc3)nc(-c3cccc(C4(c5ccc(N(c6ccccc6)c6cccc7ccccc67)cc5)c5ccccc5-c5ccccc54)c3)n2)cc1. The van der Waals surface area contributed by atoms with Crippen LogP contribution < -0.4 is 4.90 Å². The van der Waals surface area contributed by atoms with Gasteiger partial charge in [0, 0.05) is 33.5 Å². The fourth-order valence-corrected chi connectivity index (χ4v) is 9.12. The van der Waals surface area contributed by atoms with Crippen LogP contribution in [0.2, 0.25) is 0 Å². The quantitative estimate of drug-likeness (QED) is 0.154. The van der Waals surface area contributed by atoms with Crippen LogP contribution in [0.25, 0.3) is 56.1 Å². The molecule has 1 aliphatic rings. The molecule has 1 aromatic heterocycles. The molecule has 282 valence electrons. The highest BCUT2D eigenvalue weighted by molar-refractivity contribution is 5.99. The maximum absolute atomic E-state index is 5.13. The van der Waals surface area contributed by atoms with Crippen molar-refractivity contribution in [1.82, 2.24) is 15.0 Å². The molecule has 11 rings (SSSR count). The summed E-state index contributed by atoms with van der Waals surface area (Å²) in [6, 6.07) is 81.9. The largest absolute Gasteiger partial charge is 0.310 e. The van der Waals surface area contributed by atoms with Gasteiger partial charge in [-0.1, -0.05) is 194 Å². The molecule has 0 unspecified atom stereocenters. The van der Waals surface area contributed by atoms with Gasteiger partial charge in [0.15, 0.2) is 17.5 Å². The molecule has 0 aliphatic heterocycles. The third-order valence-corrected chi connectivity index (χ3v) is 11.8. The topological polar surface area (TPSA) is 41.9 Å². The Labute approximate surface area is 349 Å². The molecule has 0 N–H and O–H groups in total. The molecule has 0 saturated heterocycles. The van der Waals surface area contributed by atoms with Crippen LogP contribution >= 0.6 is 0 Å². The first kappa shape index (κ1) is 35.2. The number of rotatable bonds is 8. The van der Waals surface area contributed by atoms with Crippen molar-refractivity contribution in [3.05, 3.63) is 253 Å². The number of para-hydroxylation sites is 1. The predicted octanol–water partition coefficient (Wildman–Crippen LogP) is 13.9. The van der Waals surface area contributed by atoms with Gasteiger partial charge in [0.1, 0.15) is 0 Å². The van der Waals surface area contributed by atoms with E-state index in [1.807, 2.05) is 36.4 Å². The number of anilines is 3. The molecule has 1 heterocycles. The summed E-state index contributed by atoms with van der Waals surface area (Å²) in [6.45, 7) is 0. The number of fused-ring (bicyclic) bond motifs is 4. The van der Waals surface area contributed by atoms with Crippen LogP contribution in [0.3, 0.4) is 0 Å². The van der Waals surface area contributed by atoms with Crippen LogP contribution in [0.1, 0.15) is 22.3 Å². The molecule has 0 spiro atoms. The number of nitrogens with zero attached hydrogens (tertiary/aromatic N) is 4. The smallest absolute Gasteiger partial charge is 0.164 e. The van der Waals surface area contributed by atoms with E-state index in [0.717, 1.165) is 39.3 Å². The molecule has 0 radical (unpaired) electrons. The third kappa shape index (κ3) is 5.88. The van der Waals surface area contributed by atoms with Crippen molar-refractivity contribution in [1.29, 1.82) is 0 Å². The molecule has 0 saturated carbocycles. The first-order chi connectivity index (χ1) is 29.8. The van der Waals surface area contributed by atoms with Gasteiger partial charge in [-0.05, 0) is 75.2 Å². The maximum Gasteiger partial charge on any atom is 0.164 e. The highest BCUT2D eigenvalue weighted by atomic mass is 15.1. The minimum atomic E-state index is -0.629. The van der Waals surface area contributed by atoms with Gasteiger partial charge in [0.2, 0.25) is 0 Å². The third-order valence-electron chi connectivity index (χ3n) is 11.8. The first-order valence-corrected chi connectivity index (χ1v) is 20.4. The van der Waals surface area contributed by atoms with E-state index in [-0.39, 0.29) is 0 Å². The Morgan fingerprint density at radius 3 is 1.43 bits per heavy atom. The summed E-state index contributed by atoms with van der Waals surface area (Å²) in [6.07, 6.45) is 0. The predicted molar refractivity (Wildman–Crippen MR) is 246 cm³/mol. The summed E-state index contributed by atoms with van der Waals surface area (Å²) in [5, 5.41) is 2.40. The lowest BCUT2D eigenvalue weighted by Gasteiger charge is -2.35. The van der Waals surface area contributed by atoms with Crippen LogP contribution in [0.15, 0.2) is 231 Å². The molecular formula is C56H38N4. The molecule has 0 amide bonds. The normalized spacial score (nSPS) is 12.5. The Hall–Kier alpha value is -7.95. The molecule has 60 heavy (non-hydrogen) atoms. The summed E-state index contributed by atoms with van der Waals surface area (Å²) in [5.41, 5.74) is 12.8. The lowest BCUT2D eigenvalue weighted by molar-refractivity contribution is 0.768. The number of aromatic nitrogens is 3. The summed E-state index contributed by atoms with van der Waals surface area (Å²) in [7, 11) is 0. The monoisotopic (exact) mass is 766 g/mol. The van der Waals surface area contributed by atoms with Crippen molar-refractivity contribution in [3.63, 3.8) is 0 Å². The van der Waals surface area contributed by atoms with E-state index in [4.69, 9.17) is 15.0 Å². The molecule has 4 nitrogen and oxygen atoms in total. The number of hydrogen-bond donors (Lipinski definition) is 0. The average molecular weight is 767 g/mol. The lowest BCUT2D eigenvalue weighted by atomic mass is 9.67. The fraction of sp³-hybridized carbons (Fsp3) is 0.0179. The van der Waals surface area contributed by atoms with Crippen molar-refractivity contribution >= 4 is 27.8 Å². The van der Waals surface area contributed by atoms with Gasteiger partial charge in [-0.25, -0.2) is 15.0 Å². The minimum Gasteiger partial charge on any atom is -0.310 e. The van der Waals surface area contributed by atoms with Crippen molar-refractivity contribution in [2.45, 2.75) is 5.41 Å². The standard InChI is InChI=1S/C56H38N4/c1-4-19-40(20-5-1)53-57-54(41-21-6-2-7-22-41)59-55(58-53)42-24-16-25-44(38-42)56(50-31-14-12-29-48(50)49-30-13-15-32-51(49)56)43-34-36-46(37-35-43)60(45-26-8-3-9-27-45)52-33-17-23-39-18-10-11-28-47(39)52/h1-38H. The van der Waals surface area contributed by atoms with E-state index in [1.165, 1.54) is 38.6 Å². The molecule has 4 heteroatoms. The average Bonchev–Trinajstić information content (AvgIpc) is 3.64. The van der Waals surface area contributed by atoms with Gasteiger partial charge >= 0.3 is 0 Å². The zero-order valence-corrected chi connectivity index (χ0v) is 32.7. The van der Waals surface area contributed by atoms with E-state index >= 15 is 0 Å². The van der Waals surface area contributed by atoms with Crippen LogP contribution in [0.5, 0.6) is 0 Å².